The van der Waals surface area contributed by atoms with Crippen molar-refractivity contribution in [2.75, 3.05) is 11.9 Å². The second kappa shape index (κ2) is 7.09. The van der Waals surface area contributed by atoms with E-state index in [1.807, 2.05) is 36.4 Å². The molecule has 2 rings (SSSR count). The molecule has 0 saturated heterocycles. The predicted molar refractivity (Wildman–Crippen MR) is 90.9 cm³/mol. The van der Waals surface area contributed by atoms with Gasteiger partial charge in [0.1, 0.15) is 0 Å². The number of ether oxygens (including phenoxy) is 1. The molecule has 0 atom stereocenters. The minimum absolute atomic E-state index is 0.112. The van der Waals surface area contributed by atoms with Gasteiger partial charge in [-0.3, -0.25) is 4.79 Å². The number of hydrogen-bond acceptors (Lipinski definition) is 4. The summed E-state index contributed by atoms with van der Waals surface area (Å²) in [5.74, 6) is -0.624. The Bertz CT molecular complexity index is 687. The highest BCUT2D eigenvalue weighted by atomic mass is 16.5. The third-order valence-corrected chi connectivity index (χ3v) is 3.37. The highest BCUT2D eigenvalue weighted by Gasteiger charge is 2.23. The van der Waals surface area contributed by atoms with Gasteiger partial charge in [-0.15, -0.1) is 0 Å². The van der Waals surface area contributed by atoms with Gasteiger partial charge in [-0.25, -0.2) is 4.79 Å². The Labute approximate surface area is 136 Å². The van der Waals surface area contributed by atoms with Gasteiger partial charge in [0, 0.05) is 11.1 Å². The Hall–Kier alpha value is -2.62. The maximum atomic E-state index is 12.3. The molecule has 23 heavy (non-hydrogen) atoms. The van der Waals surface area contributed by atoms with Gasteiger partial charge in [-0.2, -0.15) is 0 Å². The van der Waals surface area contributed by atoms with Gasteiger partial charge in [0.2, 0.25) is 0 Å². The minimum atomic E-state index is -0.526. The molecule has 120 valence electrons. The summed E-state index contributed by atoms with van der Waals surface area (Å²) in [6.45, 7) is 5.18. The molecule has 2 aromatic rings. The van der Waals surface area contributed by atoms with Gasteiger partial charge in [-0.05, 0) is 24.3 Å². The van der Waals surface area contributed by atoms with Gasteiger partial charge in [0.25, 0.3) is 0 Å². The highest BCUT2D eigenvalue weighted by molar-refractivity contribution is 5.98. The summed E-state index contributed by atoms with van der Waals surface area (Å²) in [6.07, 6.45) is 0. The van der Waals surface area contributed by atoms with E-state index in [1.165, 1.54) is 0 Å². The van der Waals surface area contributed by atoms with Crippen LogP contribution in [0.4, 0.5) is 11.4 Å². The molecular weight excluding hydrogens is 290 g/mol. The first-order valence-corrected chi connectivity index (χ1v) is 7.49. The van der Waals surface area contributed by atoms with Crippen LogP contribution in [0.15, 0.2) is 54.6 Å². The van der Waals surface area contributed by atoms with E-state index in [1.54, 1.807) is 39.0 Å². The number of rotatable bonds is 5. The zero-order chi connectivity index (χ0) is 16.9. The summed E-state index contributed by atoms with van der Waals surface area (Å²) < 4.78 is 5.17. The monoisotopic (exact) mass is 311 g/mol. The third kappa shape index (κ3) is 4.68. The van der Waals surface area contributed by atoms with E-state index < -0.39 is 11.4 Å². The standard InChI is InChI=1S/C19H21NO3/c1-19(2,3)17(21)13-23-18(22)15-11-7-8-12-16(15)20-14-9-5-4-6-10-14/h4-12,20H,13H2,1-3H3. The van der Waals surface area contributed by atoms with E-state index in [0.29, 0.717) is 11.3 Å². The van der Waals surface area contributed by atoms with Crippen LogP contribution in [-0.4, -0.2) is 18.4 Å². The number of hydrogen-bond donors (Lipinski definition) is 1. The molecule has 4 heteroatoms. The Morgan fingerprint density at radius 3 is 2.22 bits per heavy atom. The number of nitrogens with one attached hydrogen (secondary N) is 1. The minimum Gasteiger partial charge on any atom is -0.454 e. The number of anilines is 2. The summed E-state index contributed by atoms with van der Waals surface area (Å²) in [6, 6.07) is 16.6. The second-order valence-corrected chi connectivity index (χ2v) is 6.29. The summed E-state index contributed by atoms with van der Waals surface area (Å²) in [5, 5.41) is 3.19. The molecule has 0 heterocycles. The highest BCUT2D eigenvalue weighted by Crippen LogP contribution is 2.22. The molecule has 0 unspecified atom stereocenters. The van der Waals surface area contributed by atoms with E-state index in [9.17, 15) is 9.59 Å². The Balaban J connectivity index is 2.10. The van der Waals surface area contributed by atoms with Crippen molar-refractivity contribution in [2.45, 2.75) is 20.8 Å². The maximum absolute atomic E-state index is 12.3. The quantitative estimate of drug-likeness (QED) is 0.841. The normalized spacial score (nSPS) is 10.9. The topological polar surface area (TPSA) is 55.4 Å². The number of esters is 1. The van der Waals surface area contributed by atoms with E-state index >= 15 is 0 Å². The van der Waals surface area contributed by atoms with Gasteiger partial charge < -0.3 is 10.1 Å². The number of Topliss-reactive ketones (excluding diaryl/α,β-unsaturated/α-hetero) is 1. The van der Waals surface area contributed by atoms with Crippen molar-refractivity contribution in [3.05, 3.63) is 60.2 Å². The molecule has 2 aromatic carbocycles. The van der Waals surface area contributed by atoms with E-state index in [-0.39, 0.29) is 12.4 Å². The first-order chi connectivity index (χ1) is 10.9. The average molecular weight is 311 g/mol. The fraction of sp³-hybridized carbons (Fsp3) is 0.263. The second-order valence-electron chi connectivity index (χ2n) is 6.29. The molecule has 0 radical (unpaired) electrons. The molecule has 0 bridgehead atoms. The molecule has 0 aliphatic heterocycles. The molecule has 0 aliphatic rings. The Morgan fingerprint density at radius 1 is 0.957 bits per heavy atom. The van der Waals surface area contributed by atoms with Crippen LogP contribution in [0, 0.1) is 5.41 Å². The lowest BCUT2D eigenvalue weighted by Gasteiger charge is -2.17. The number of para-hydroxylation sites is 2. The van der Waals surface area contributed by atoms with Gasteiger partial charge in [-0.1, -0.05) is 51.1 Å². The maximum Gasteiger partial charge on any atom is 0.340 e. The Kier molecular flexibility index (Phi) is 5.16. The lowest BCUT2D eigenvalue weighted by molar-refractivity contribution is -0.129. The van der Waals surface area contributed by atoms with Crippen molar-refractivity contribution in [1.29, 1.82) is 0 Å². The van der Waals surface area contributed by atoms with Gasteiger partial charge in [0.15, 0.2) is 12.4 Å². The van der Waals surface area contributed by atoms with E-state index in [0.717, 1.165) is 5.69 Å². The van der Waals surface area contributed by atoms with Crippen LogP contribution in [0.3, 0.4) is 0 Å². The lowest BCUT2D eigenvalue weighted by atomic mass is 9.91. The van der Waals surface area contributed by atoms with Crippen molar-refractivity contribution >= 4 is 23.1 Å². The average Bonchev–Trinajstić information content (AvgIpc) is 2.53. The summed E-state index contributed by atoms with van der Waals surface area (Å²) in [5.41, 5.74) is 1.39. The number of benzene rings is 2. The number of carbonyl (C=O) groups is 2. The van der Waals surface area contributed by atoms with E-state index in [4.69, 9.17) is 4.74 Å². The molecule has 0 amide bonds. The molecule has 0 fully saturated rings. The zero-order valence-corrected chi connectivity index (χ0v) is 13.6. The fourth-order valence-corrected chi connectivity index (χ4v) is 1.87. The van der Waals surface area contributed by atoms with Crippen LogP contribution in [0.2, 0.25) is 0 Å². The molecule has 0 aliphatic carbocycles. The van der Waals surface area contributed by atoms with Crippen LogP contribution in [0.1, 0.15) is 31.1 Å². The molecule has 1 N–H and O–H groups in total. The lowest BCUT2D eigenvalue weighted by Crippen LogP contribution is -2.26. The molecular formula is C19H21NO3. The van der Waals surface area contributed by atoms with Crippen LogP contribution in [0.25, 0.3) is 0 Å². The van der Waals surface area contributed by atoms with Crippen molar-refractivity contribution < 1.29 is 14.3 Å². The third-order valence-electron chi connectivity index (χ3n) is 3.37. The predicted octanol–water partition coefficient (Wildman–Crippen LogP) is 4.20. The fourth-order valence-electron chi connectivity index (χ4n) is 1.87. The van der Waals surface area contributed by atoms with Crippen LogP contribution >= 0.6 is 0 Å². The number of ketones is 1. The first kappa shape index (κ1) is 16.7. The van der Waals surface area contributed by atoms with Crippen LogP contribution < -0.4 is 5.32 Å². The largest absolute Gasteiger partial charge is 0.454 e. The van der Waals surface area contributed by atoms with Crippen molar-refractivity contribution in [3.8, 4) is 0 Å². The molecule has 0 saturated carbocycles. The number of carbonyl (C=O) groups excluding carboxylic acids is 2. The van der Waals surface area contributed by atoms with Crippen molar-refractivity contribution in [3.63, 3.8) is 0 Å². The van der Waals surface area contributed by atoms with E-state index in [2.05, 4.69) is 5.32 Å². The first-order valence-electron chi connectivity index (χ1n) is 7.49. The van der Waals surface area contributed by atoms with Crippen molar-refractivity contribution in [1.82, 2.24) is 0 Å². The smallest absolute Gasteiger partial charge is 0.340 e. The molecule has 0 aromatic heterocycles. The van der Waals surface area contributed by atoms with Crippen LogP contribution in [-0.2, 0) is 9.53 Å². The van der Waals surface area contributed by atoms with Crippen molar-refractivity contribution in [2.24, 2.45) is 5.41 Å². The zero-order valence-electron chi connectivity index (χ0n) is 13.6. The molecule has 4 nitrogen and oxygen atoms in total. The summed E-state index contributed by atoms with van der Waals surface area (Å²) in [7, 11) is 0. The summed E-state index contributed by atoms with van der Waals surface area (Å²) in [4.78, 5) is 24.2. The summed E-state index contributed by atoms with van der Waals surface area (Å²) >= 11 is 0. The Morgan fingerprint density at radius 2 is 1.57 bits per heavy atom. The van der Waals surface area contributed by atoms with Gasteiger partial charge in [0.05, 0.1) is 11.3 Å². The molecule has 0 spiro atoms. The van der Waals surface area contributed by atoms with Crippen LogP contribution in [0.5, 0.6) is 0 Å². The SMILES string of the molecule is CC(C)(C)C(=O)COC(=O)c1ccccc1Nc1ccccc1. The van der Waals surface area contributed by atoms with Gasteiger partial charge >= 0.3 is 5.97 Å².